The van der Waals surface area contributed by atoms with E-state index in [1.807, 2.05) is 6.92 Å². The molecule has 0 bridgehead atoms. The molecule has 49 heavy (non-hydrogen) atoms. The van der Waals surface area contributed by atoms with Crippen LogP contribution in [0.3, 0.4) is 0 Å². The Labute approximate surface area is 287 Å². The maximum atomic E-state index is 13.5. The predicted octanol–water partition coefficient (Wildman–Crippen LogP) is 5.63. The molecule has 2 N–H and O–H groups in total. The van der Waals surface area contributed by atoms with Crippen molar-refractivity contribution < 1.29 is 52.0 Å². The van der Waals surface area contributed by atoms with E-state index in [-0.39, 0.29) is 103 Å². The van der Waals surface area contributed by atoms with Crippen molar-refractivity contribution in [3.05, 3.63) is 16.6 Å². The molecular weight excluding hydrogens is 678 g/mol. The number of aliphatic hydroxyl groups excluding tert-OH is 1. The second-order valence-corrected chi connectivity index (χ2v) is 15.5. The summed E-state index contributed by atoms with van der Waals surface area (Å²) in [5.41, 5.74) is 0.820. The van der Waals surface area contributed by atoms with Crippen LogP contribution in [0.25, 0.3) is 0 Å². The number of carbonyl (C=O) groups is 3. The lowest BCUT2D eigenvalue weighted by atomic mass is 9.71. The molecule has 0 aromatic carbocycles. The monoisotopic (exact) mass is 726 g/mol. The molecule has 6 rings (SSSR count). The number of nitrogens with one attached hydrogen (secondary N) is 1. The lowest BCUT2D eigenvalue weighted by molar-refractivity contribution is -0.153. The van der Waals surface area contributed by atoms with Crippen LogP contribution in [0.2, 0.25) is 0 Å². The first-order valence-electron chi connectivity index (χ1n) is 17.1. The molecule has 1 spiro atoms. The van der Waals surface area contributed by atoms with Gasteiger partial charge in [0, 0.05) is 65.1 Å². The molecule has 3 saturated carbocycles. The number of hydrogen-bond donors (Lipinski definition) is 2. The molecular formula is C33H48F6N4O5S. The minimum absolute atomic E-state index is 0. The number of thiazole rings is 1. The number of hydrogen-bond acceptors (Lipinski definition) is 7. The second kappa shape index (κ2) is 14.6. The fourth-order valence-electron chi connectivity index (χ4n) is 7.39. The van der Waals surface area contributed by atoms with Gasteiger partial charge in [0.2, 0.25) is 23.7 Å². The summed E-state index contributed by atoms with van der Waals surface area (Å²) in [5, 5.41) is 12.1. The number of aliphatic hydroxyl groups is 1. The molecule has 278 valence electrons. The summed E-state index contributed by atoms with van der Waals surface area (Å²) in [5.74, 6) is -11.1. The van der Waals surface area contributed by atoms with E-state index in [0.717, 1.165) is 0 Å². The van der Waals surface area contributed by atoms with Crippen LogP contribution in [0.1, 0.15) is 89.2 Å². The molecule has 3 amide bonds. The zero-order valence-electron chi connectivity index (χ0n) is 27.8. The van der Waals surface area contributed by atoms with Crippen LogP contribution in [0.15, 0.2) is 11.7 Å². The van der Waals surface area contributed by atoms with Crippen LogP contribution in [0, 0.1) is 23.2 Å². The minimum atomic E-state index is -2.97. The van der Waals surface area contributed by atoms with Crippen molar-refractivity contribution in [3.63, 3.8) is 0 Å². The molecule has 5 aliphatic rings. The molecule has 1 unspecified atom stereocenters. The minimum Gasteiger partial charge on any atom is -0.393 e. The number of ether oxygens (including phenoxy) is 1. The van der Waals surface area contributed by atoms with Gasteiger partial charge in [-0.1, -0.05) is 6.92 Å². The standard InChI is InChI=1S/C25H32F4N4O4S.C8H14F2O.H2/c1-2-15(10-37-16-3-5-24(26,27)6-4-16)31-20(34)18-9-32(22(36)19-8-30-14-38-19)11-23(18)12-33(13-23)21(35)17-7-25(17,28)29;1-6(11)7-2-4-8(9,10)5-3-7;/h8,14-18H,2-7,9-13H2,1H3,(H,31,34);6-7,11H,2-5H2,1H3;1H/t15-,17+,18-;;/m0../s1. The van der Waals surface area contributed by atoms with Crippen molar-refractivity contribution in [3.8, 4) is 0 Å². The van der Waals surface area contributed by atoms with E-state index in [1.165, 1.54) is 22.4 Å². The molecule has 2 aliphatic heterocycles. The smallest absolute Gasteiger partial charge is 0.265 e. The number of carbonyl (C=O) groups excluding carboxylic acids is 3. The van der Waals surface area contributed by atoms with E-state index >= 15 is 0 Å². The second-order valence-electron chi connectivity index (χ2n) is 14.6. The van der Waals surface area contributed by atoms with Gasteiger partial charge < -0.3 is 25.0 Å². The third-order valence-electron chi connectivity index (χ3n) is 10.8. The number of aromatic nitrogens is 1. The van der Waals surface area contributed by atoms with Gasteiger partial charge in [0.05, 0.1) is 42.5 Å². The summed E-state index contributed by atoms with van der Waals surface area (Å²) in [6, 6.07) is -0.351. The highest BCUT2D eigenvalue weighted by molar-refractivity contribution is 7.11. The number of rotatable bonds is 9. The highest BCUT2D eigenvalue weighted by Gasteiger charge is 2.66. The Kier molecular flexibility index (Phi) is 11.3. The largest absolute Gasteiger partial charge is 0.393 e. The van der Waals surface area contributed by atoms with Crippen LogP contribution in [0.5, 0.6) is 0 Å². The number of likely N-dealkylation sites (tertiary alicyclic amines) is 2. The number of alkyl halides is 6. The summed E-state index contributed by atoms with van der Waals surface area (Å²) >= 11 is 1.19. The topological polar surface area (TPSA) is 112 Å². The molecule has 9 nitrogen and oxygen atoms in total. The molecule has 5 fully saturated rings. The SMILES string of the molecule is CC(O)C1CCC(F)(F)CC1.CC[C@@H](COC1CCC(F)(F)CC1)NC(=O)[C@@H]1CN(C(=O)c2cncs2)CC12CN(C(=O)[C@H]1CC1(F)F)C2.[HH]. The molecule has 2 saturated heterocycles. The van der Waals surface area contributed by atoms with Gasteiger partial charge >= 0.3 is 0 Å². The average molecular weight is 727 g/mol. The summed E-state index contributed by atoms with van der Waals surface area (Å²) in [6.45, 7) is 4.37. The van der Waals surface area contributed by atoms with E-state index < -0.39 is 53.5 Å². The quantitative estimate of drug-likeness (QED) is 0.320. The fraction of sp³-hybridized carbons (Fsp3) is 0.818. The normalized spacial score (nSPS) is 28.2. The van der Waals surface area contributed by atoms with Gasteiger partial charge in [-0.2, -0.15) is 0 Å². The van der Waals surface area contributed by atoms with Gasteiger partial charge in [-0.25, -0.2) is 26.3 Å². The van der Waals surface area contributed by atoms with Gasteiger partial charge in [-0.3, -0.25) is 19.4 Å². The van der Waals surface area contributed by atoms with Crippen LogP contribution in [0.4, 0.5) is 26.3 Å². The molecule has 0 radical (unpaired) electrons. The molecule has 3 heterocycles. The first-order valence-corrected chi connectivity index (χ1v) is 18.0. The highest BCUT2D eigenvalue weighted by Crippen LogP contribution is 2.52. The van der Waals surface area contributed by atoms with E-state index in [0.29, 0.717) is 24.1 Å². The molecule has 1 aromatic heterocycles. The third-order valence-corrected chi connectivity index (χ3v) is 11.6. The van der Waals surface area contributed by atoms with Crippen molar-refractivity contribution in [2.24, 2.45) is 23.2 Å². The van der Waals surface area contributed by atoms with Crippen LogP contribution < -0.4 is 5.32 Å². The molecule has 1 aromatic rings. The van der Waals surface area contributed by atoms with Gasteiger partial charge in [0.25, 0.3) is 11.8 Å². The summed E-state index contributed by atoms with van der Waals surface area (Å²) < 4.78 is 84.8. The maximum absolute atomic E-state index is 13.5. The Morgan fingerprint density at radius 2 is 1.57 bits per heavy atom. The maximum Gasteiger partial charge on any atom is 0.265 e. The molecule has 16 heteroatoms. The van der Waals surface area contributed by atoms with Crippen molar-refractivity contribution >= 4 is 29.1 Å². The molecule has 3 aliphatic carbocycles. The lowest BCUT2D eigenvalue weighted by Gasteiger charge is -2.50. The summed E-state index contributed by atoms with van der Waals surface area (Å²) in [4.78, 5) is 46.4. The number of nitrogens with zero attached hydrogens (tertiary/aromatic N) is 3. The van der Waals surface area contributed by atoms with Crippen molar-refractivity contribution in [1.29, 1.82) is 0 Å². The highest BCUT2D eigenvalue weighted by atomic mass is 32.1. The predicted molar refractivity (Wildman–Crippen MR) is 170 cm³/mol. The number of amides is 3. The van der Waals surface area contributed by atoms with Crippen LogP contribution >= 0.6 is 11.3 Å². The average Bonchev–Trinajstić information content (AvgIpc) is 3.39. The lowest BCUT2D eigenvalue weighted by Crippen LogP contribution is -2.65. The summed E-state index contributed by atoms with van der Waals surface area (Å²) in [7, 11) is 0. The zero-order valence-corrected chi connectivity index (χ0v) is 28.6. The third kappa shape index (κ3) is 9.07. The van der Waals surface area contributed by atoms with Crippen molar-refractivity contribution in [2.75, 3.05) is 32.8 Å². The van der Waals surface area contributed by atoms with Gasteiger partial charge in [-0.15, -0.1) is 11.3 Å². The summed E-state index contributed by atoms with van der Waals surface area (Å²) in [6.07, 6.45) is 1.79. The first-order chi connectivity index (χ1) is 22.9. The van der Waals surface area contributed by atoms with Crippen LogP contribution in [-0.2, 0) is 14.3 Å². The zero-order chi connectivity index (χ0) is 35.8. The van der Waals surface area contributed by atoms with E-state index in [2.05, 4.69) is 10.3 Å². The Bertz CT molecular complexity index is 1320. The fourth-order valence-corrected chi connectivity index (χ4v) is 7.98. The van der Waals surface area contributed by atoms with E-state index in [9.17, 15) is 40.7 Å². The first kappa shape index (κ1) is 37.8. The molecule has 4 atom stereocenters. The van der Waals surface area contributed by atoms with Gasteiger partial charge in [-0.05, 0) is 44.9 Å². The van der Waals surface area contributed by atoms with E-state index in [1.54, 1.807) is 17.3 Å². The van der Waals surface area contributed by atoms with Gasteiger partial charge in [0.15, 0.2) is 0 Å². The van der Waals surface area contributed by atoms with E-state index in [4.69, 9.17) is 9.84 Å². The van der Waals surface area contributed by atoms with Crippen LogP contribution in [-0.4, -0.2) is 106 Å². The Morgan fingerprint density at radius 3 is 2.08 bits per heavy atom. The van der Waals surface area contributed by atoms with Crippen molar-refractivity contribution in [1.82, 2.24) is 20.1 Å². The Hall–Kier alpha value is -2.46. The Balaban J connectivity index is 0.000000401. The number of halogens is 6. The van der Waals surface area contributed by atoms with Crippen molar-refractivity contribution in [2.45, 2.75) is 114 Å². The Morgan fingerprint density at radius 1 is 1.00 bits per heavy atom. The van der Waals surface area contributed by atoms with Gasteiger partial charge in [0.1, 0.15) is 10.8 Å².